The van der Waals surface area contributed by atoms with Crippen molar-refractivity contribution < 1.29 is 8.83 Å². The van der Waals surface area contributed by atoms with E-state index in [-0.39, 0.29) is 0 Å². The average molecular weight is 728 g/mol. The van der Waals surface area contributed by atoms with Gasteiger partial charge < -0.3 is 13.7 Å². The average Bonchev–Trinajstić information content (AvgIpc) is 3.85. The van der Waals surface area contributed by atoms with Crippen molar-refractivity contribution >= 4 is 93.3 Å². The first-order valence-electron chi connectivity index (χ1n) is 19.4. The number of nitrogens with zero attached hydrogens (tertiary/aromatic N) is 1. The highest BCUT2D eigenvalue weighted by Crippen LogP contribution is 2.49. The molecule has 0 aliphatic heterocycles. The largest absolute Gasteiger partial charge is 0.456 e. The van der Waals surface area contributed by atoms with Crippen LogP contribution < -0.4 is 4.90 Å². The van der Waals surface area contributed by atoms with Crippen molar-refractivity contribution in [3.63, 3.8) is 0 Å². The molecule has 57 heavy (non-hydrogen) atoms. The van der Waals surface area contributed by atoms with E-state index in [2.05, 4.69) is 187 Å². The fraction of sp³-hybridized carbons (Fsp3) is 0. The van der Waals surface area contributed by atoms with Gasteiger partial charge in [-0.3, -0.25) is 0 Å². The van der Waals surface area contributed by atoms with Crippen LogP contribution in [-0.4, -0.2) is 0 Å². The molecule has 12 rings (SSSR count). The monoisotopic (exact) mass is 727 g/mol. The van der Waals surface area contributed by atoms with Crippen molar-refractivity contribution in [3.05, 3.63) is 200 Å². The predicted octanol–water partition coefficient (Wildman–Crippen LogP) is 15.7. The summed E-state index contributed by atoms with van der Waals surface area (Å²) in [7, 11) is 0. The molecule has 0 bridgehead atoms. The third kappa shape index (κ3) is 4.99. The molecule has 12 aromatic rings. The molecule has 0 atom stereocenters. The van der Waals surface area contributed by atoms with E-state index < -0.39 is 0 Å². The Balaban J connectivity index is 1.21. The number of furan rings is 2. The molecule has 0 aliphatic carbocycles. The lowest BCUT2D eigenvalue weighted by Gasteiger charge is -2.27. The highest BCUT2D eigenvalue weighted by atomic mass is 16.3. The first-order chi connectivity index (χ1) is 28.2. The van der Waals surface area contributed by atoms with E-state index in [1.165, 1.54) is 43.4 Å². The van der Waals surface area contributed by atoms with Gasteiger partial charge in [-0.2, -0.15) is 0 Å². The van der Waals surface area contributed by atoms with Crippen molar-refractivity contribution in [1.29, 1.82) is 0 Å². The molecule has 0 unspecified atom stereocenters. The zero-order chi connectivity index (χ0) is 37.5. The van der Waals surface area contributed by atoms with Crippen LogP contribution in [0.1, 0.15) is 0 Å². The number of hydrogen-bond donors (Lipinski definition) is 0. The molecule has 2 aromatic heterocycles. The lowest BCUT2D eigenvalue weighted by Crippen LogP contribution is -2.10. The van der Waals surface area contributed by atoms with Crippen molar-refractivity contribution in [3.8, 4) is 22.3 Å². The molecule has 10 aromatic carbocycles. The lowest BCUT2D eigenvalue weighted by molar-refractivity contribution is 0.663. The Bertz CT molecular complexity index is 3520. The molecular formula is C54H33NO2. The van der Waals surface area contributed by atoms with Gasteiger partial charge in [-0.15, -0.1) is 0 Å². The zero-order valence-corrected chi connectivity index (χ0v) is 30.8. The molecular weight excluding hydrogens is 695 g/mol. The van der Waals surface area contributed by atoms with Crippen molar-refractivity contribution in [2.75, 3.05) is 4.90 Å². The van der Waals surface area contributed by atoms with Crippen molar-refractivity contribution in [2.45, 2.75) is 0 Å². The van der Waals surface area contributed by atoms with Crippen LogP contribution in [0.5, 0.6) is 0 Å². The van der Waals surface area contributed by atoms with Gasteiger partial charge in [-0.25, -0.2) is 0 Å². The maximum absolute atomic E-state index is 7.08. The second-order valence-electron chi connectivity index (χ2n) is 14.9. The number of hydrogen-bond acceptors (Lipinski definition) is 3. The fourth-order valence-electron chi connectivity index (χ4n) is 8.96. The second-order valence-corrected chi connectivity index (χ2v) is 14.9. The van der Waals surface area contributed by atoms with Crippen LogP contribution in [0.2, 0.25) is 0 Å². The summed E-state index contributed by atoms with van der Waals surface area (Å²) < 4.78 is 13.5. The highest BCUT2D eigenvalue weighted by Gasteiger charge is 2.25. The smallest absolute Gasteiger partial charge is 0.159 e. The molecule has 3 heteroatoms. The minimum atomic E-state index is 0.817. The molecule has 0 fully saturated rings. The topological polar surface area (TPSA) is 29.5 Å². The summed E-state index contributed by atoms with van der Waals surface area (Å²) >= 11 is 0. The third-order valence-corrected chi connectivity index (χ3v) is 11.6. The summed E-state index contributed by atoms with van der Waals surface area (Å²) in [5.41, 5.74) is 11.0. The molecule has 0 N–H and O–H groups in total. The van der Waals surface area contributed by atoms with Crippen LogP contribution in [0.15, 0.2) is 209 Å². The summed E-state index contributed by atoms with van der Waals surface area (Å²) in [5, 5.41) is 11.5. The molecule has 0 spiro atoms. The van der Waals surface area contributed by atoms with Gasteiger partial charge >= 0.3 is 0 Å². The van der Waals surface area contributed by atoms with Gasteiger partial charge in [0.25, 0.3) is 0 Å². The van der Waals surface area contributed by atoms with Gasteiger partial charge in [-0.05, 0) is 115 Å². The summed E-state index contributed by atoms with van der Waals surface area (Å²) in [6, 6.07) is 71.6. The van der Waals surface area contributed by atoms with Crippen molar-refractivity contribution in [1.82, 2.24) is 0 Å². The molecule has 0 radical (unpaired) electrons. The van der Waals surface area contributed by atoms with Gasteiger partial charge in [0.05, 0.1) is 5.69 Å². The van der Waals surface area contributed by atoms with Crippen molar-refractivity contribution in [2.24, 2.45) is 0 Å². The molecule has 0 saturated heterocycles. The number of fused-ring (bicyclic) bond motifs is 11. The van der Waals surface area contributed by atoms with Gasteiger partial charge in [0, 0.05) is 32.9 Å². The van der Waals surface area contributed by atoms with Crippen LogP contribution in [-0.2, 0) is 0 Å². The molecule has 3 nitrogen and oxygen atoms in total. The number of anilines is 3. The Morgan fingerprint density at radius 1 is 0.316 bits per heavy atom. The SMILES string of the molecule is c1ccc(-c2ccc(N(c3ccc4ccccc4c3)c3cc(-c4cc5ccccc5c5ccccc45)cc4c3oc3ccc5oc6ccccc6c5c34)cc2)cc1. The minimum absolute atomic E-state index is 0.817. The summed E-state index contributed by atoms with van der Waals surface area (Å²) in [6.45, 7) is 0. The third-order valence-electron chi connectivity index (χ3n) is 11.6. The minimum Gasteiger partial charge on any atom is -0.456 e. The van der Waals surface area contributed by atoms with Gasteiger partial charge in [0.1, 0.15) is 16.7 Å². The van der Waals surface area contributed by atoms with Crippen LogP contribution in [0.4, 0.5) is 17.1 Å². The van der Waals surface area contributed by atoms with E-state index in [1.807, 2.05) is 18.2 Å². The Kier molecular flexibility index (Phi) is 6.93. The van der Waals surface area contributed by atoms with Crippen LogP contribution in [0.3, 0.4) is 0 Å². The molecule has 0 saturated carbocycles. The lowest BCUT2D eigenvalue weighted by atomic mass is 9.92. The van der Waals surface area contributed by atoms with E-state index in [0.29, 0.717) is 0 Å². The standard InChI is InChI=1S/C54H33NO2/c1-2-12-34(13-3-1)36-22-25-40(26-23-36)55(41-27-24-35-14-4-5-15-37(35)30-41)48-33-39(46-31-38-16-6-7-17-42(38)43-18-8-9-19-44(43)46)32-47-53-51(57-54(47)48)29-28-50-52(53)45-20-10-11-21-49(45)56-50/h1-33H. The van der Waals surface area contributed by atoms with Crippen LogP contribution in [0, 0.1) is 0 Å². The predicted molar refractivity (Wildman–Crippen MR) is 239 cm³/mol. The summed E-state index contributed by atoms with van der Waals surface area (Å²) in [4.78, 5) is 2.36. The highest BCUT2D eigenvalue weighted by molar-refractivity contribution is 6.28. The Morgan fingerprint density at radius 2 is 0.930 bits per heavy atom. The Labute approximate surface area is 328 Å². The van der Waals surface area contributed by atoms with E-state index in [9.17, 15) is 0 Å². The maximum atomic E-state index is 7.08. The normalized spacial score (nSPS) is 11.9. The second kappa shape index (κ2) is 12.5. The Hall–Kier alpha value is -7.62. The molecule has 0 aliphatic rings. The van der Waals surface area contributed by atoms with E-state index in [0.717, 1.165) is 72.1 Å². The van der Waals surface area contributed by atoms with Crippen LogP contribution in [0.25, 0.3) is 98.4 Å². The Morgan fingerprint density at radius 3 is 1.75 bits per heavy atom. The zero-order valence-electron chi connectivity index (χ0n) is 30.8. The quantitative estimate of drug-likeness (QED) is 0.165. The summed E-state index contributed by atoms with van der Waals surface area (Å²) in [5.74, 6) is 0. The van der Waals surface area contributed by atoms with E-state index in [1.54, 1.807) is 0 Å². The number of rotatable bonds is 5. The van der Waals surface area contributed by atoms with Gasteiger partial charge in [-0.1, -0.05) is 140 Å². The summed E-state index contributed by atoms with van der Waals surface area (Å²) in [6.07, 6.45) is 0. The first kappa shape index (κ1) is 31.7. The maximum Gasteiger partial charge on any atom is 0.159 e. The van der Waals surface area contributed by atoms with E-state index in [4.69, 9.17) is 8.83 Å². The molecule has 0 amide bonds. The van der Waals surface area contributed by atoms with Crippen LogP contribution >= 0.6 is 0 Å². The number of benzene rings is 10. The first-order valence-corrected chi connectivity index (χ1v) is 19.4. The van der Waals surface area contributed by atoms with Gasteiger partial charge in [0.2, 0.25) is 0 Å². The molecule has 2 heterocycles. The van der Waals surface area contributed by atoms with Gasteiger partial charge in [0.15, 0.2) is 5.58 Å². The number of para-hydroxylation sites is 1. The van der Waals surface area contributed by atoms with E-state index >= 15 is 0 Å². The fourth-order valence-corrected chi connectivity index (χ4v) is 8.96. The molecule has 266 valence electrons.